The molecule has 0 aliphatic heterocycles. The second kappa shape index (κ2) is 11.5. The molecule has 2 rings (SSSR count). The van der Waals surface area contributed by atoms with E-state index in [4.69, 9.17) is 4.99 Å². The van der Waals surface area contributed by atoms with Crippen molar-refractivity contribution in [1.29, 1.82) is 0 Å². The molecule has 1 aliphatic rings. The number of nitrogens with one attached hydrogen (secondary N) is 2. The summed E-state index contributed by atoms with van der Waals surface area (Å²) in [7, 11) is 2.28. The second-order valence-electron chi connectivity index (χ2n) is 6.92. The lowest BCUT2D eigenvalue weighted by atomic mass is 9.94. The maximum atomic E-state index is 4.72. The summed E-state index contributed by atoms with van der Waals surface area (Å²) in [5, 5.41) is 10.0. The van der Waals surface area contributed by atoms with Gasteiger partial charge in [-0.1, -0.05) is 19.3 Å². The van der Waals surface area contributed by atoms with Crippen LogP contribution in [-0.4, -0.2) is 55.1 Å². The Kier molecular flexibility index (Phi) is 9.26. The van der Waals surface area contributed by atoms with E-state index in [1.54, 1.807) is 11.3 Å². The van der Waals surface area contributed by atoms with Gasteiger partial charge in [-0.15, -0.1) is 11.3 Å². The number of guanidine groups is 1. The minimum absolute atomic E-state index is 0.797. The molecule has 0 spiro atoms. The molecule has 6 heteroatoms. The molecule has 0 atom stereocenters. The average Bonchev–Trinajstić information content (AvgIpc) is 3.04. The van der Waals surface area contributed by atoms with E-state index in [9.17, 15) is 0 Å². The molecule has 1 fully saturated rings. The first-order valence-electron chi connectivity index (χ1n) is 9.82. The van der Waals surface area contributed by atoms with E-state index in [0.717, 1.165) is 56.0 Å². The Morgan fingerprint density at radius 1 is 1.32 bits per heavy atom. The Morgan fingerprint density at radius 2 is 2.12 bits per heavy atom. The Balaban J connectivity index is 1.65. The van der Waals surface area contributed by atoms with Crippen molar-refractivity contribution in [3.05, 3.63) is 16.1 Å². The van der Waals surface area contributed by atoms with Crippen molar-refractivity contribution in [2.75, 3.05) is 33.2 Å². The fraction of sp³-hybridized carbons (Fsp3) is 0.789. The fourth-order valence-corrected chi connectivity index (χ4v) is 4.04. The molecule has 5 nitrogen and oxygen atoms in total. The summed E-state index contributed by atoms with van der Waals surface area (Å²) in [5.41, 5.74) is 1.17. The zero-order valence-corrected chi connectivity index (χ0v) is 17.0. The van der Waals surface area contributed by atoms with Crippen molar-refractivity contribution in [3.63, 3.8) is 0 Å². The summed E-state index contributed by atoms with van der Waals surface area (Å²) in [5.74, 6) is 0.926. The lowest BCUT2D eigenvalue weighted by molar-refractivity contribution is 0.191. The van der Waals surface area contributed by atoms with Gasteiger partial charge in [0.25, 0.3) is 0 Å². The van der Waals surface area contributed by atoms with Crippen LogP contribution in [0.5, 0.6) is 0 Å². The number of hydrogen-bond donors (Lipinski definition) is 2. The number of nitrogens with zero attached hydrogens (tertiary/aromatic N) is 3. The molecule has 0 saturated heterocycles. The van der Waals surface area contributed by atoms with E-state index in [2.05, 4.69) is 46.8 Å². The number of aryl methyl sites for hydroxylation is 1. The zero-order valence-electron chi connectivity index (χ0n) is 16.2. The lowest BCUT2D eigenvalue weighted by Gasteiger charge is -2.31. The van der Waals surface area contributed by atoms with Crippen LogP contribution in [0.3, 0.4) is 0 Å². The van der Waals surface area contributed by atoms with Crippen molar-refractivity contribution < 1.29 is 0 Å². The first-order valence-corrected chi connectivity index (χ1v) is 10.7. The summed E-state index contributed by atoms with van der Waals surface area (Å²) in [6, 6.07) is 0.797. The monoisotopic (exact) mass is 365 g/mol. The molecule has 25 heavy (non-hydrogen) atoms. The number of thiazole rings is 1. The second-order valence-corrected chi connectivity index (χ2v) is 7.98. The molecule has 0 unspecified atom stereocenters. The quantitative estimate of drug-likeness (QED) is 0.401. The minimum Gasteiger partial charge on any atom is -0.357 e. The van der Waals surface area contributed by atoms with Crippen LogP contribution in [0.4, 0.5) is 0 Å². The highest BCUT2D eigenvalue weighted by Crippen LogP contribution is 2.21. The van der Waals surface area contributed by atoms with Gasteiger partial charge in [-0.05, 0) is 46.7 Å². The van der Waals surface area contributed by atoms with Gasteiger partial charge in [0.2, 0.25) is 0 Å². The van der Waals surface area contributed by atoms with Crippen molar-refractivity contribution >= 4 is 17.3 Å². The Bertz CT molecular complexity index is 508. The highest BCUT2D eigenvalue weighted by Gasteiger charge is 2.17. The van der Waals surface area contributed by atoms with Crippen molar-refractivity contribution in [3.8, 4) is 0 Å². The molecule has 0 radical (unpaired) electrons. The molecule has 0 aromatic carbocycles. The lowest BCUT2D eigenvalue weighted by Crippen LogP contribution is -2.38. The largest absolute Gasteiger partial charge is 0.357 e. The van der Waals surface area contributed by atoms with Gasteiger partial charge >= 0.3 is 0 Å². The van der Waals surface area contributed by atoms with E-state index in [0.29, 0.717) is 0 Å². The summed E-state index contributed by atoms with van der Waals surface area (Å²) in [4.78, 5) is 11.8. The number of rotatable bonds is 9. The van der Waals surface area contributed by atoms with Gasteiger partial charge in [0.05, 0.1) is 10.7 Å². The van der Waals surface area contributed by atoms with Gasteiger partial charge in [-0.25, -0.2) is 4.98 Å². The highest BCUT2D eigenvalue weighted by atomic mass is 32.1. The third-order valence-electron chi connectivity index (χ3n) is 4.82. The maximum absolute atomic E-state index is 4.72. The summed E-state index contributed by atoms with van der Waals surface area (Å²) in [6.07, 6.45) is 9.04. The van der Waals surface area contributed by atoms with Crippen LogP contribution in [0, 0.1) is 6.92 Å². The van der Waals surface area contributed by atoms with Gasteiger partial charge in [0.1, 0.15) is 0 Å². The van der Waals surface area contributed by atoms with Gasteiger partial charge in [-0.2, -0.15) is 0 Å². The Labute approximate surface area is 157 Å². The molecule has 1 heterocycles. The maximum Gasteiger partial charge on any atom is 0.191 e. The van der Waals surface area contributed by atoms with Crippen LogP contribution in [0.15, 0.2) is 10.4 Å². The van der Waals surface area contributed by atoms with Crippen molar-refractivity contribution in [1.82, 2.24) is 20.5 Å². The highest BCUT2D eigenvalue weighted by molar-refractivity contribution is 7.09. The Hall–Kier alpha value is -1.14. The summed E-state index contributed by atoms with van der Waals surface area (Å²) < 4.78 is 0. The van der Waals surface area contributed by atoms with E-state index < -0.39 is 0 Å². The van der Waals surface area contributed by atoms with Crippen LogP contribution < -0.4 is 10.6 Å². The fourth-order valence-electron chi connectivity index (χ4n) is 3.39. The predicted molar refractivity (Wildman–Crippen MR) is 109 cm³/mol. The standard InChI is InChI=1S/C19H35N5S/c1-4-20-19(22-13-11-17-15-25-16(2)23-17)21-12-8-14-24(3)18-9-6-5-7-10-18/h15,18H,4-14H2,1-3H3,(H2,20,21,22). The topological polar surface area (TPSA) is 52.6 Å². The van der Waals surface area contributed by atoms with E-state index >= 15 is 0 Å². The van der Waals surface area contributed by atoms with Crippen molar-refractivity contribution in [2.45, 2.75) is 64.8 Å². The third-order valence-corrected chi connectivity index (χ3v) is 5.64. The van der Waals surface area contributed by atoms with E-state index in [1.165, 1.54) is 37.8 Å². The van der Waals surface area contributed by atoms with Crippen LogP contribution in [0.2, 0.25) is 0 Å². The molecule has 1 aromatic rings. The SMILES string of the molecule is CCNC(=NCCCN(C)C1CCCCC1)NCCc1csc(C)n1. The number of hydrogen-bond acceptors (Lipinski definition) is 4. The normalized spacial score (nSPS) is 16.4. The minimum atomic E-state index is 0.797. The van der Waals surface area contributed by atoms with Crippen molar-refractivity contribution in [2.24, 2.45) is 4.99 Å². The smallest absolute Gasteiger partial charge is 0.191 e. The average molecular weight is 366 g/mol. The first-order chi connectivity index (χ1) is 12.2. The number of aliphatic imine (C=N–C) groups is 1. The van der Waals surface area contributed by atoms with Crippen LogP contribution in [-0.2, 0) is 6.42 Å². The molecule has 0 bridgehead atoms. The van der Waals surface area contributed by atoms with E-state index in [1.807, 2.05) is 0 Å². The zero-order chi connectivity index (χ0) is 17.9. The van der Waals surface area contributed by atoms with Crippen LogP contribution >= 0.6 is 11.3 Å². The van der Waals surface area contributed by atoms with Crippen LogP contribution in [0.1, 0.15) is 56.2 Å². The predicted octanol–water partition coefficient (Wildman–Crippen LogP) is 3.20. The molecular formula is C19H35N5S. The Morgan fingerprint density at radius 3 is 2.80 bits per heavy atom. The van der Waals surface area contributed by atoms with Gasteiger partial charge in [0.15, 0.2) is 5.96 Å². The molecule has 1 saturated carbocycles. The third kappa shape index (κ3) is 7.74. The first kappa shape index (κ1) is 20.2. The van der Waals surface area contributed by atoms with Crippen LogP contribution in [0.25, 0.3) is 0 Å². The van der Waals surface area contributed by atoms with Gasteiger partial charge < -0.3 is 15.5 Å². The summed E-state index contributed by atoms with van der Waals surface area (Å²) >= 11 is 1.72. The molecule has 142 valence electrons. The number of aromatic nitrogens is 1. The molecule has 0 amide bonds. The van der Waals surface area contributed by atoms with Gasteiger partial charge in [0, 0.05) is 37.5 Å². The molecule has 1 aromatic heterocycles. The molecular weight excluding hydrogens is 330 g/mol. The summed E-state index contributed by atoms with van der Waals surface area (Å²) in [6.45, 7) is 7.95. The van der Waals surface area contributed by atoms with Gasteiger partial charge in [-0.3, -0.25) is 4.99 Å². The molecule has 1 aliphatic carbocycles. The molecule has 2 N–H and O–H groups in total. The van der Waals surface area contributed by atoms with E-state index in [-0.39, 0.29) is 0 Å².